The lowest BCUT2D eigenvalue weighted by Crippen LogP contribution is -2.25. The number of hydrogen-bond donors (Lipinski definition) is 2. The smallest absolute Gasteiger partial charge is 0.244 e. The van der Waals surface area contributed by atoms with Crippen molar-refractivity contribution in [3.63, 3.8) is 0 Å². The molecule has 0 aliphatic rings. The summed E-state index contributed by atoms with van der Waals surface area (Å²) in [5.74, 6) is 0.270. The average Bonchev–Trinajstić information content (AvgIpc) is 2.94. The Balaban J connectivity index is 1.88. The minimum atomic E-state index is -0.157. The van der Waals surface area contributed by atoms with Crippen LogP contribution in [0.4, 0.5) is 5.69 Å². The van der Waals surface area contributed by atoms with Crippen molar-refractivity contribution in [1.82, 2.24) is 14.9 Å². The highest BCUT2D eigenvalue weighted by Gasteiger charge is 2.16. The van der Waals surface area contributed by atoms with E-state index in [1.165, 1.54) is 0 Å². The first-order chi connectivity index (χ1) is 12.1. The number of rotatable bonds is 5. The minimum Gasteiger partial charge on any atom is -0.359 e. The Kier molecular flexibility index (Phi) is 4.79. The van der Waals surface area contributed by atoms with Crippen molar-refractivity contribution >= 4 is 28.5 Å². The second kappa shape index (κ2) is 7.17. The maximum Gasteiger partial charge on any atom is 0.244 e. The van der Waals surface area contributed by atoms with E-state index >= 15 is 0 Å². The topological polar surface area (TPSA) is 76.0 Å². The number of nitrogens with one attached hydrogen (secondary N) is 2. The first kappa shape index (κ1) is 16.7. The number of likely N-dealkylation sites (N-methyl/N-ethyl adjacent to an activating group) is 1. The first-order valence-corrected chi connectivity index (χ1v) is 8.08. The van der Waals surface area contributed by atoms with E-state index in [-0.39, 0.29) is 24.8 Å². The van der Waals surface area contributed by atoms with Gasteiger partial charge in [-0.15, -0.1) is 0 Å². The first-order valence-electron chi connectivity index (χ1n) is 8.08. The van der Waals surface area contributed by atoms with Crippen LogP contribution in [0.5, 0.6) is 0 Å². The van der Waals surface area contributed by atoms with Crippen LogP contribution in [0, 0.1) is 6.92 Å². The number of aryl methyl sites for hydroxylation is 1. The van der Waals surface area contributed by atoms with Crippen molar-refractivity contribution in [1.29, 1.82) is 0 Å². The van der Waals surface area contributed by atoms with Gasteiger partial charge in [-0.25, -0.2) is 4.98 Å². The average molecular weight is 336 g/mol. The minimum absolute atomic E-state index is 0.0984. The Hall–Kier alpha value is -3.15. The van der Waals surface area contributed by atoms with Gasteiger partial charge >= 0.3 is 0 Å². The van der Waals surface area contributed by atoms with Crippen molar-refractivity contribution in [3.8, 4) is 0 Å². The van der Waals surface area contributed by atoms with Gasteiger partial charge in [0, 0.05) is 12.7 Å². The SMILES string of the molecule is CNC(=O)Cc1nc2ccccc2n1CC(=O)Nc1ccccc1C. The normalized spacial score (nSPS) is 10.6. The number of fused-ring (bicyclic) bond motifs is 1. The summed E-state index contributed by atoms with van der Waals surface area (Å²) in [5, 5.41) is 5.51. The quantitative estimate of drug-likeness (QED) is 0.750. The Labute approximate surface area is 145 Å². The molecule has 1 heterocycles. The number of imidazole rings is 1. The molecule has 3 aromatic rings. The van der Waals surface area contributed by atoms with E-state index in [9.17, 15) is 9.59 Å². The molecule has 2 amide bonds. The summed E-state index contributed by atoms with van der Waals surface area (Å²) in [5.41, 5.74) is 3.38. The van der Waals surface area contributed by atoms with Gasteiger partial charge < -0.3 is 15.2 Å². The van der Waals surface area contributed by atoms with Crippen LogP contribution in [0.1, 0.15) is 11.4 Å². The molecule has 2 aromatic carbocycles. The molecule has 0 fully saturated rings. The Morgan fingerprint density at radius 3 is 2.52 bits per heavy atom. The predicted octanol–water partition coefficient (Wildman–Crippen LogP) is 2.27. The maximum atomic E-state index is 12.5. The van der Waals surface area contributed by atoms with Crippen molar-refractivity contribution in [3.05, 3.63) is 59.9 Å². The molecule has 3 rings (SSSR count). The summed E-state index contributed by atoms with van der Waals surface area (Å²) >= 11 is 0. The maximum absolute atomic E-state index is 12.5. The summed E-state index contributed by atoms with van der Waals surface area (Å²) < 4.78 is 1.79. The van der Waals surface area contributed by atoms with Crippen molar-refractivity contribution in [2.75, 3.05) is 12.4 Å². The van der Waals surface area contributed by atoms with Crippen LogP contribution in [0.2, 0.25) is 0 Å². The summed E-state index contributed by atoms with van der Waals surface area (Å²) in [4.78, 5) is 28.8. The lowest BCUT2D eigenvalue weighted by Gasteiger charge is -2.11. The van der Waals surface area contributed by atoms with Gasteiger partial charge in [-0.3, -0.25) is 9.59 Å². The van der Waals surface area contributed by atoms with Crippen LogP contribution in [0.3, 0.4) is 0 Å². The molecule has 25 heavy (non-hydrogen) atoms. The van der Waals surface area contributed by atoms with E-state index < -0.39 is 0 Å². The fourth-order valence-electron chi connectivity index (χ4n) is 2.72. The third-order valence-corrected chi connectivity index (χ3v) is 4.05. The molecule has 1 aromatic heterocycles. The number of carbonyl (C=O) groups excluding carboxylic acids is 2. The number of nitrogens with zero attached hydrogens (tertiary/aromatic N) is 2. The third-order valence-electron chi connectivity index (χ3n) is 4.05. The van der Waals surface area contributed by atoms with Gasteiger partial charge in [0.05, 0.1) is 17.5 Å². The Bertz CT molecular complexity index is 930. The van der Waals surface area contributed by atoms with Crippen LogP contribution < -0.4 is 10.6 Å². The molecule has 0 unspecified atom stereocenters. The second-order valence-electron chi connectivity index (χ2n) is 5.82. The lowest BCUT2D eigenvalue weighted by molar-refractivity contribution is -0.120. The largest absolute Gasteiger partial charge is 0.359 e. The van der Waals surface area contributed by atoms with Crippen LogP contribution >= 0.6 is 0 Å². The molecular weight excluding hydrogens is 316 g/mol. The van der Waals surface area contributed by atoms with Crippen LogP contribution in [-0.4, -0.2) is 28.4 Å². The molecule has 0 aliphatic heterocycles. The van der Waals surface area contributed by atoms with Gasteiger partial charge in [-0.1, -0.05) is 30.3 Å². The summed E-state index contributed by atoms with van der Waals surface area (Å²) in [6.07, 6.45) is 0.128. The summed E-state index contributed by atoms with van der Waals surface area (Å²) in [6.45, 7) is 2.04. The molecule has 0 saturated carbocycles. The van der Waals surface area contributed by atoms with E-state index in [0.29, 0.717) is 5.82 Å². The molecule has 0 spiro atoms. The third kappa shape index (κ3) is 3.68. The Morgan fingerprint density at radius 1 is 1.04 bits per heavy atom. The van der Waals surface area contributed by atoms with Crippen LogP contribution in [-0.2, 0) is 22.6 Å². The fraction of sp³-hybridized carbons (Fsp3) is 0.211. The highest BCUT2D eigenvalue weighted by atomic mass is 16.2. The number of amides is 2. The van der Waals surface area contributed by atoms with Gasteiger partial charge in [0.15, 0.2) is 0 Å². The van der Waals surface area contributed by atoms with E-state index in [1.54, 1.807) is 11.6 Å². The highest BCUT2D eigenvalue weighted by Crippen LogP contribution is 2.18. The van der Waals surface area contributed by atoms with Gasteiger partial charge in [0.2, 0.25) is 11.8 Å². The fourth-order valence-corrected chi connectivity index (χ4v) is 2.72. The van der Waals surface area contributed by atoms with Crippen LogP contribution in [0.25, 0.3) is 11.0 Å². The number of anilines is 1. The van der Waals surface area contributed by atoms with Crippen molar-refractivity contribution in [2.45, 2.75) is 19.9 Å². The number of benzene rings is 2. The summed E-state index contributed by atoms with van der Waals surface area (Å²) in [6, 6.07) is 15.2. The summed E-state index contributed by atoms with van der Waals surface area (Å²) in [7, 11) is 1.58. The standard InChI is InChI=1S/C19H20N4O2/c1-13-7-3-4-8-14(13)22-19(25)12-23-16-10-6-5-9-15(16)21-17(23)11-18(24)20-2/h3-10H,11-12H2,1-2H3,(H,20,24)(H,22,25). The van der Waals surface area contributed by atoms with Crippen LogP contribution in [0.15, 0.2) is 48.5 Å². The number of aromatic nitrogens is 2. The molecule has 0 atom stereocenters. The second-order valence-corrected chi connectivity index (χ2v) is 5.82. The molecule has 6 nitrogen and oxygen atoms in total. The number of hydrogen-bond acceptors (Lipinski definition) is 3. The molecule has 128 valence electrons. The number of carbonyl (C=O) groups is 2. The predicted molar refractivity (Wildman–Crippen MR) is 97.3 cm³/mol. The zero-order chi connectivity index (χ0) is 17.8. The molecule has 6 heteroatoms. The van der Waals surface area contributed by atoms with Gasteiger partial charge in [0.1, 0.15) is 12.4 Å². The molecule has 0 bridgehead atoms. The number of para-hydroxylation sites is 3. The van der Waals surface area contributed by atoms with Crippen molar-refractivity contribution < 1.29 is 9.59 Å². The zero-order valence-electron chi connectivity index (χ0n) is 14.2. The Morgan fingerprint density at radius 2 is 1.76 bits per heavy atom. The van der Waals surface area contributed by atoms with Crippen molar-refractivity contribution in [2.24, 2.45) is 0 Å². The van der Waals surface area contributed by atoms with Gasteiger partial charge in [0.25, 0.3) is 0 Å². The molecular formula is C19H20N4O2. The van der Waals surface area contributed by atoms with Gasteiger partial charge in [-0.05, 0) is 30.7 Å². The monoisotopic (exact) mass is 336 g/mol. The van der Waals surface area contributed by atoms with Gasteiger partial charge in [-0.2, -0.15) is 0 Å². The van der Waals surface area contributed by atoms with E-state index in [1.807, 2.05) is 55.5 Å². The molecule has 0 radical (unpaired) electrons. The highest BCUT2D eigenvalue weighted by molar-refractivity contribution is 5.92. The van der Waals surface area contributed by atoms with E-state index in [2.05, 4.69) is 15.6 Å². The molecule has 2 N–H and O–H groups in total. The lowest BCUT2D eigenvalue weighted by atomic mass is 10.2. The zero-order valence-corrected chi connectivity index (χ0v) is 14.2. The van der Waals surface area contributed by atoms with E-state index in [0.717, 1.165) is 22.3 Å². The molecule has 0 aliphatic carbocycles. The van der Waals surface area contributed by atoms with E-state index in [4.69, 9.17) is 0 Å². The molecule has 0 saturated heterocycles.